The summed E-state index contributed by atoms with van der Waals surface area (Å²) in [6, 6.07) is 5.36. The molecule has 0 aliphatic carbocycles. The van der Waals surface area contributed by atoms with Crippen molar-refractivity contribution in [3.63, 3.8) is 0 Å². The Bertz CT molecular complexity index is 556. The van der Waals surface area contributed by atoms with Gasteiger partial charge in [0.2, 0.25) is 0 Å². The fourth-order valence-corrected chi connectivity index (χ4v) is 6.65. The van der Waals surface area contributed by atoms with E-state index in [4.69, 9.17) is 9.47 Å². The molecule has 0 aromatic carbocycles. The van der Waals surface area contributed by atoms with Crippen molar-refractivity contribution in [2.45, 2.75) is 89.9 Å². The molecule has 0 amide bonds. The minimum atomic E-state index is -1.02. The molecule has 0 spiro atoms. The highest BCUT2D eigenvalue weighted by molar-refractivity contribution is 6.77. The second-order valence-corrected chi connectivity index (χ2v) is 24.0. The smallest absolute Gasteiger partial charge is 0.306 e. The Morgan fingerprint density at radius 1 is 0.618 bits per heavy atom. The molecule has 6 nitrogen and oxygen atoms in total. The third kappa shape index (κ3) is 17.7. The number of carbonyl (C=O) groups is 2. The van der Waals surface area contributed by atoms with E-state index in [1.54, 1.807) is 0 Å². The van der Waals surface area contributed by atoms with Crippen molar-refractivity contribution in [1.82, 2.24) is 0 Å². The summed E-state index contributed by atoms with van der Waals surface area (Å²) < 4.78 is 12.5. The molecule has 0 saturated carbocycles. The lowest BCUT2D eigenvalue weighted by Gasteiger charge is -2.31. The van der Waals surface area contributed by atoms with E-state index < -0.39 is 16.1 Å². The van der Waals surface area contributed by atoms with Crippen LogP contribution in [0.25, 0.3) is 0 Å². The Balaban J connectivity index is 4.01. The van der Waals surface area contributed by atoms with Gasteiger partial charge in [0.25, 0.3) is 0 Å². The van der Waals surface area contributed by atoms with E-state index in [1.807, 2.05) is 0 Å². The van der Waals surface area contributed by atoms with Gasteiger partial charge in [-0.25, -0.2) is 0 Å². The molecule has 0 bridgehead atoms. The number of ether oxygens (including phenoxy) is 2. The molecule has 8 heteroatoms. The molecule has 0 aromatic rings. The van der Waals surface area contributed by atoms with Crippen LogP contribution in [0, 0.1) is 0 Å². The first-order chi connectivity index (χ1) is 15.5. The third-order valence-corrected chi connectivity index (χ3v) is 14.8. The molecule has 0 aromatic heterocycles. The van der Waals surface area contributed by atoms with Gasteiger partial charge in [0.05, 0.1) is 54.1 Å². The molecule has 0 aliphatic rings. The Morgan fingerprint density at radius 3 is 1.24 bits per heavy atom. The summed E-state index contributed by atoms with van der Waals surface area (Å²) >= 11 is 0. The highest BCUT2D eigenvalue weighted by Gasteiger charge is 2.23. The van der Waals surface area contributed by atoms with Crippen molar-refractivity contribution in [1.29, 1.82) is 0 Å². The van der Waals surface area contributed by atoms with Crippen molar-refractivity contribution in [2.24, 2.45) is 0 Å². The van der Waals surface area contributed by atoms with Crippen molar-refractivity contribution >= 4 is 28.1 Å². The second kappa shape index (κ2) is 15.4. The number of quaternary nitrogens is 2. The van der Waals surface area contributed by atoms with Gasteiger partial charge in [0.1, 0.15) is 26.3 Å². The molecule has 0 unspecified atom stereocenters. The van der Waals surface area contributed by atoms with Crippen molar-refractivity contribution in [3.05, 3.63) is 0 Å². The number of likely N-dealkylation sites (N-methyl/N-ethyl adjacent to an activating group) is 2. The summed E-state index contributed by atoms with van der Waals surface area (Å²) in [7, 11) is 6.73. The average molecular weight is 519 g/mol. The fourth-order valence-electron chi connectivity index (χ4n) is 3.71. The summed E-state index contributed by atoms with van der Waals surface area (Å²) in [5.41, 5.74) is 0. The molecular weight excluding hydrogens is 460 g/mol. The van der Waals surface area contributed by atoms with Crippen LogP contribution in [0.3, 0.4) is 0 Å². The standard InChI is InChI=1S/C26H58N2O4Si2/c1-11-33(7,8)23-13-17-27(3,4)19-21-31-25(29)15-16-26(30)32-22-20-28(5,6)18-14-24-34(9,10)12-2/h11-24H2,1-10H3/q+2. The van der Waals surface area contributed by atoms with Gasteiger partial charge in [-0.05, 0) is 12.8 Å². The molecule has 0 fully saturated rings. The van der Waals surface area contributed by atoms with Gasteiger partial charge in [0.15, 0.2) is 0 Å². The number of esters is 2. The maximum atomic E-state index is 12.0. The zero-order valence-corrected chi connectivity index (χ0v) is 26.4. The topological polar surface area (TPSA) is 52.6 Å². The normalized spacial score (nSPS) is 13.1. The Kier molecular flexibility index (Phi) is 15.1. The van der Waals surface area contributed by atoms with Crippen LogP contribution in [0.5, 0.6) is 0 Å². The molecule has 0 saturated heterocycles. The predicted molar refractivity (Wildman–Crippen MR) is 150 cm³/mol. The maximum Gasteiger partial charge on any atom is 0.306 e. The van der Waals surface area contributed by atoms with E-state index in [2.05, 4.69) is 68.2 Å². The molecular formula is C26H58N2O4Si2+2. The summed E-state index contributed by atoms with van der Waals surface area (Å²) in [5.74, 6) is -0.620. The highest BCUT2D eigenvalue weighted by atomic mass is 28.3. The van der Waals surface area contributed by atoms with Crippen LogP contribution in [0.4, 0.5) is 0 Å². The number of carbonyl (C=O) groups excluding carboxylic acids is 2. The van der Waals surface area contributed by atoms with Gasteiger partial charge in [-0.1, -0.05) is 64.2 Å². The van der Waals surface area contributed by atoms with Crippen LogP contribution in [0.1, 0.15) is 39.5 Å². The van der Waals surface area contributed by atoms with Gasteiger partial charge in [0, 0.05) is 16.1 Å². The largest absolute Gasteiger partial charge is 0.460 e. The van der Waals surface area contributed by atoms with Crippen LogP contribution >= 0.6 is 0 Å². The van der Waals surface area contributed by atoms with Gasteiger partial charge < -0.3 is 18.4 Å². The first kappa shape index (κ1) is 33.3. The van der Waals surface area contributed by atoms with Crippen LogP contribution in [-0.2, 0) is 19.1 Å². The fraction of sp³-hybridized carbons (Fsp3) is 0.923. The summed E-state index contributed by atoms with van der Waals surface area (Å²) in [6.07, 6.45) is 2.65. The van der Waals surface area contributed by atoms with Crippen LogP contribution in [-0.4, -0.2) is 105 Å². The molecule has 0 atom stereocenters. The Labute approximate surface area is 213 Å². The monoisotopic (exact) mass is 518 g/mol. The number of rotatable bonds is 19. The number of nitrogens with zero attached hydrogens (tertiary/aromatic N) is 2. The van der Waals surface area contributed by atoms with Crippen molar-refractivity contribution < 1.29 is 28.0 Å². The third-order valence-electron chi connectivity index (χ3n) is 7.60. The van der Waals surface area contributed by atoms with Crippen molar-refractivity contribution in [2.75, 3.05) is 67.6 Å². The van der Waals surface area contributed by atoms with Gasteiger partial charge in [-0.3, -0.25) is 9.59 Å². The number of hydrogen-bond acceptors (Lipinski definition) is 4. The van der Waals surface area contributed by atoms with E-state index in [1.165, 1.54) is 37.0 Å². The summed E-state index contributed by atoms with van der Waals surface area (Å²) in [6.45, 7) is 19.0. The molecule has 0 radical (unpaired) electrons. The molecule has 0 rings (SSSR count). The molecule has 0 aliphatic heterocycles. The van der Waals surface area contributed by atoms with E-state index in [-0.39, 0.29) is 24.8 Å². The molecule has 0 N–H and O–H groups in total. The van der Waals surface area contributed by atoms with Crippen LogP contribution < -0.4 is 0 Å². The second-order valence-electron chi connectivity index (χ2n) is 12.9. The quantitative estimate of drug-likeness (QED) is 0.133. The van der Waals surface area contributed by atoms with Gasteiger partial charge in [-0.2, -0.15) is 0 Å². The first-order valence-electron chi connectivity index (χ1n) is 13.5. The van der Waals surface area contributed by atoms with E-state index in [0.29, 0.717) is 13.2 Å². The summed E-state index contributed by atoms with van der Waals surface area (Å²) in [5, 5.41) is 0. The Hall–Kier alpha value is -0.706. The van der Waals surface area contributed by atoms with Gasteiger partial charge >= 0.3 is 11.9 Å². The van der Waals surface area contributed by atoms with E-state index in [9.17, 15) is 9.59 Å². The molecule has 0 heterocycles. The number of hydrogen-bond donors (Lipinski definition) is 0. The average Bonchev–Trinajstić information content (AvgIpc) is 2.71. The van der Waals surface area contributed by atoms with E-state index in [0.717, 1.165) is 35.1 Å². The highest BCUT2D eigenvalue weighted by Crippen LogP contribution is 2.18. The minimum Gasteiger partial charge on any atom is -0.460 e. The first-order valence-corrected chi connectivity index (χ1v) is 20.3. The van der Waals surface area contributed by atoms with E-state index >= 15 is 0 Å². The van der Waals surface area contributed by atoms with Crippen LogP contribution in [0.2, 0.25) is 50.4 Å². The predicted octanol–water partition coefficient (Wildman–Crippen LogP) is 5.24. The van der Waals surface area contributed by atoms with Gasteiger partial charge in [-0.15, -0.1) is 0 Å². The Morgan fingerprint density at radius 2 is 0.941 bits per heavy atom. The molecule has 34 heavy (non-hydrogen) atoms. The summed E-state index contributed by atoms with van der Waals surface area (Å²) in [4.78, 5) is 24.1. The SMILES string of the molecule is CC[Si](C)(C)CCC[N+](C)(C)CCOC(=O)CCC(=O)OCC[N+](C)(C)CCC[Si](C)(C)CC. The maximum absolute atomic E-state index is 12.0. The van der Waals surface area contributed by atoms with Crippen LogP contribution in [0.15, 0.2) is 0 Å². The van der Waals surface area contributed by atoms with Crippen molar-refractivity contribution in [3.8, 4) is 0 Å². The minimum absolute atomic E-state index is 0.0948. The zero-order valence-electron chi connectivity index (χ0n) is 24.4. The lowest BCUT2D eigenvalue weighted by molar-refractivity contribution is -0.890. The molecule has 202 valence electrons. The lowest BCUT2D eigenvalue weighted by atomic mass is 10.3. The zero-order chi connectivity index (χ0) is 26.5. The lowest BCUT2D eigenvalue weighted by Crippen LogP contribution is -2.44.